The monoisotopic (exact) mass is 301 g/mol. The van der Waals surface area contributed by atoms with Crippen molar-refractivity contribution in [3.05, 3.63) is 29.6 Å². The number of aryl methyl sites for hydroxylation is 1. The maximum absolute atomic E-state index is 13.1. The molecule has 0 amide bonds. The standard InChI is InChI=1S/C13H16FNO4S/c1-8-7-10(14)3-4-12(8)20(18,19)15-6-5-11(9(15)2)13(16)17/h3-4,7,9,11H,5-6H2,1-2H3,(H,16,17). The number of halogens is 1. The summed E-state index contributed by atoms with van der Waals surface area (Å²) in [6.45, 7) is 3.27. The predicted molar refractivity (Wildman–Crippen MR) is 70.2 cm³/mol. The van der Waals surface area contributed by atoms with Gasteiger partial charge in [0.2, 0.25) is 10.0 Å². The van der Waals surface area contributed by atoms with Crippen LogP contribution in [0.4, 0.5) is 4.39 Å². The number of aliphatic carboxylic acids is 1. The number of rotatable bonds is 3. The van der Waals surface area contributed by atoms with Crippen molar-refractivity contribution in [3.8, 4) is 0 Å². The van der Waals surface area contributed by atoms with Crippen molar-refractivity contribution < 1.29 is 22.7 Å². The maximum Gasteiger partial charge on any atom is 0.308 e. The first-order valence-electron chi connectivity index (χ1n) is 6.26. The minimum absolute atomic E-state index is 0.0248. The van der Waals surface area contributed by atoms with E-state index < -0.39 is 33.8 Å². The average molecular weight is 301 g/mol. The molecular weight excluding hydrogens is 285 g/mol. The highest BCUT2D eigenvalue weighted by atomic mass is 32.2. The molecule has 1 aliphatic heterocycles. The fraction of sp³-hybridized carbons (Fsp3) is 0.462. The summed E-state index contributed by atoms with van der Waals surface area (Å²) in [4.78, 5) is 11.1. The van der Waals surface area contributed by atoms with E-state index in [4.69, 9.17) is 5.11 Å². The van der Waals surface area contributed by atoms with Gasteiger partial charge in [0.15, 0.2) is 0 Å². The zero-order chi connectivity index (χ0) is 15.1. The number of hydrogen-bond acceptors (Lipinski definition) is 3. The van der Waals surface area contributed by atoms with Crippen LogP contribution in [0.3, 0.4) is 0 Å². The van der Waals surface area contributed by atoms with Crippen molar-refractivity contribution in [2.24, 2.45) is 5.92 Å². The van der Waals surface area contributed by atoms with Gasteiger partial charge in [-0.15, -0.1) is 0 Å². The molecule has 1 aliphatic rings. The molecule has 0 aromatic heterocycles. The van der Waals surface area contributed by atoms with Crippen LogP contribution in [0, 0.1) is 18.7 Å². The minimum atomic E-state index is -3.80. The number of benzene rings is 1. The van der Waals surface area contributed by atoms with Crippen molar-refractivity contribution >= 4 is 16.0 Å². The molecule has 1 aromatic rings. The lowest BCUT2D eigenvalue weighted by atomic mass is 10.0. The van der Waals surface area contributed by atoms with Crippen LogP contribution in [0.1, 0.15) is 18.9 Å². The van der Waals surface area contributed by atoms with Crippen molar-refractivity contribution in [2.75, 3.05) is 6.54 Å². The molecule has 1 aromatic carbocycles. The van der Waals surface area contributed by atoms with E-state index in [1.54, 1.807) is 6.92 Å². The first-order chi connectivity index (χ1) is 9.25. The molecule has 7 heteroatoms. The second-order valence-corrected chi connectivity index (χ2v) is 6.86. The van der Waals surface area contributed by atoms with Gasteiger partial charge in [-0.05, 0) is 44.0 Å². The molecule has 0 radical (unpaired) electrons. The van der Waals surface area contributed by atoms with Gasteiger partial charge in [0, 0.05) is 12.6 Å². The van der Waals surface area contributed by atoms with Gasteiger partial charge >= 0.3 is 5.97 Å². The van der Waals surface area contributed by atoms with Crippen molar-refractivity contribution in [1.29, 1.82) is 0 Å². The molecule has 1 N–H and O–H groups in total. The summed E-state index contributed by atoms with van der Waals surface area (Å²) in [5.41, 5.74) is 0.316. The van der Waals surface area contributed by atoms with Crippen LogP contribution in [0.15, 0.2) is 23.1 Å². The van der Waals surface area contributed by atoms with Crippen LogP contribution < -0.4 is 0 Å². The quantitative estimate of drug-likeness (QED) is 0.920. The molecule has 0 spiro atoms. The zero-order valence-corrected chi connectivity index (χ0v) is 12.0. The SMILES string of the molecule is Cc1cc(F)ccc1S(=O)(=O)N1CCC(C(=O)O)C1C. The second-order valence-electron chi connectivity index (χ2n) is 5.00. The van der Waals surface area contributed by atoms with Gasteiger partial charge in [-0.25, -0.2) is 12.8 Å². The largest absolute Gasteiger partial charge is 0.481 e. The second kappa shape index (κ2) is 5.14. The Morgan fingerprint density at radius 2 is 2.10 bits per heavy atom. The summed E-state index contributed by atoms with van der Waals surface area (Å²) in [7, 11) is -3.80. The molecule has 1 fully saturated rings. The van der Waals surface area contributed by atoms with E-state index in [0.717, 1.165) is 12.1 Å². The molecule has 2 unspecified atom stereocenters. The lowest BCUT2D eigenvalue weighted by Crippen LogP contribution is -2.37. The van der Waals surface area contributed by atoms with E-state index in [1.807, 2.05) is 0 Å². The Kier molecular flexibility index (Phi) is 3.84. The van der Waals surface area contributed by atoms with Crippen LogP contribution in [0.5, 0.6) is 0 Å². The normalized spacial score (nSPS) is 23.9. The number of nitrogens with zero attached hydrogens (tertiary/aromatic N) is 1. The molecule has 2 rings (SSSR count). The first kappa shape index (κ1) is 14.9. The Balaban J connectivity index is 2.39. The van der Waals surface area contributed by atoms with Crippen LogP contribution >= 0.6 is 0 Å². The summed E-state index contributed by atoms with van der Waals surface area (Å²) in [5.74, 6) is -2.20. The Labute approximate surface area is 117 Å². The number of hydrogen-bond donors (Lipinski definition) is 1. The van der Waals surface area contributed by atoms with Gasteiger partial charge in [-0.3, -0.25) is 4.79 Å². The summed E-state index contributed by atoms with van der Waals surface area (Å²) >= 11 is 0. The summed E-state index contributed by atoms with van der Waals surface area (Å²) in [6, 6.07) is 2.86. The lowest BCUT2D eigenvalue weighted by Gasteiger charge is -2.23. The Hall–Kier alpha value is -1.47. The topological polar surface area (TPSA) is 74.7 Å². The first-order valence-corrected chi connectivity index (χ1v) is 7.70. The van der Waals surface area contributed by atoms with Gasteiger partial charge in [0.05, 0.1) is 10.8 Å². The molecular formula is C13H16FNO4S. The molecule has 1 saturated heterocycles. The Morgan fingerprint density at radius 3 is 2.60 bits per heavy atom. The number of carboxylic acid groups (broad SMARTS) is 1. The Bertz CT molecular complexity index is 644. The summed E-state index contributed by atoms with van der Waals surface area (Å²) in [5, 5.41) is 9.06. The molecule has 20 heavy (non-hydrogen) atoms. The molecule has 1 heterocycles. The molecule has 2 atom stereocenters. The highest BCUT2D eigenvalue weighted by Crippen LogP contribution is 2.31. The molecule has 0 saturated carbocycles. The van der Waals surface area contributed by atoms with Crippen LogP contribution in [-0.2, 0) is 14.8 Å². The third-order valence-electron chi connectivity index (χ3n) is 3.74. The van der Waals surface area contributed by atoms with E-state index in [2.05, 4.69) is 0 Å². The molecule has 5 nitrogen and oxygen atoms in total. The zero-order valence-electron chi connectivity index (χ0n) is 11.2. The van der Waals surface area contributed by atoms with E-state index in [9.17, 15) is 17.6 Å². The summed E-state index contributed by atoms with van der Waals surface area (Å²) in [6.07, 6.45) is 0.288. The predicted octanol–water partition coefficient (Wildman–Crippen LogP) is 1.62. The highest BCUT2D eigenvalue weighted by molar-refractivity contribution is 7.89. The lowest BCUT2D eigenvalue weighted by molar-refractivity contribution is -0.142. The fourth-order valence-electron chi connectivity index (χ4n) is 2.61. The molecule has 0 aliphatic carbocycles. The minimum Gasteiger partial charge on any atom is -0.481 e. The fourth-order valence-corrected chi connectivity index (χ4v) is 4.50. The third-order valence-corrected chi connectivity index (χ3v) is 5.88. The number of sulfonamides is 1. The molecule has 110 valence electrons. The van der Waals surface area contributed by atoms with Crippen molar-refractivity contribution in [2.45, 2.75) is 31.2 Å². The van der Waals surface area contributed by atoms with Gasteiger partial charge in [0.25, 0.3) is 0 Å². The van der Waals surface area contributed by atoms with E-state index in [0.29, 0.717) is 5.56 Å². The molecule has 0 bridgehead atoms. The van der Waals surface area contributed by atoms with Crippen LogP contribution in [0.25, 0.3) is 0 Å². The van der Waals surface area contributed by atoms with Crippen LogP contribution in [0.2, 0.25) is 0 Å². The van der Waals surface area contributed by atoms with Gasteiger partial charge in [-0.2, -0.15) is 4.31 Å². The number of carboxylic acids is 1. The summed E-state index contributed by atoms with van der Waals surface area (Å²) < 4.78 is 39.4. The Morgan fingerprint density at radius 1 is 1.45 bits per heavy atom. The smallest absolute Gasteiger partial charge is 0.308 e. The maximum atomic E-state index is 13.1. The van der Waals surface area contributed by atoms with E-state index in [1.165, 1.54) is 17.3 Å². The van der Waals surface area contributed by atoms with Gasteiger partial charge in [-0.1, -0.05) is 0 Å². The number of carbonyl (C=O) groups is 1. The third kappa shape index (κ3) is 2.43. The van der Waals surface area contributed by atoms with Crippen molar-refractivity contribution in [3.63, 3.8) is 0 Å². The average Bonchev–Trinajstić information content (AvgIpc) is 2.71. The van der Waals surface area contributed by atoms with Crippen molar-refractivity contribution in [1.82, 2.24) is 4.31 Å². The van der Waals surface area contributed by atoms with E-state index >= 15 is 0 Å². The van der Waals surface area contributed by atoms with Crippen LogP contribution in [-0.4, -0.2) is 36.4 Å². The van der Waals surface area contributed by atoms with Gasteiger partial charge in [0.1, 0.15) is 5.82 Å². The highest BCUT2D eigenvalue weighted by Gasteiger charge is 2.42. The van der Waals surface area contributed by atoms with Gasteiger partial charge < -0.3 is 5.11 Å². The van der Waals surface area contributed by atoms with E-state index in [-0.39, 0.29) is 17.9 Å².